The summed E-state index contributed by atoms with van der Waals surface area (Å²) in [6, 6.07) is 12.3. The number of hydrogen-bond acceptors (Lipinski definition) is 6. The highest BCUT2D eigenvalue weighted by molar-refractivity contribution is 6.31. The van der Waals surface area contributed by atoms with Gasteiger partial charge in [0.15, 0.2) is 5.82 Å². The van der Waals surface area contributed by atoms with Gasteiger partial charge in [-0.25, -0.2) is 4.68 Å². The monoisotopic (exact) mass is 515 g/mol. The number of ether oxygens (including phenoxy) is 2. The Hall–Kier alpha value is -2.98. The van der Waals surface area contributed by atoms with Crippen molar-refractivity contribution in [1.82, 2.24) is 15.0 Å². The van der Waals surface area contributed by atoms with Crippen LogP contribution in [0, 0.1) is 0 Å². The van der Waals surface area contributed by atoms with Crippen LogP contribution < -0.4 is 10.2 Å². The number of carbonyl (C=O) groups excluding carboxylic acids is 2. The Kier molecular flexibility index (Phi) is 6.27. The molecule has 2 amide bonds. The lowest BCUT2D eigenvalue weighted by Crippen LogP contribution is -2.47. The van der Waals surface area contributed by atoms with Crippen molar-refractivity contribution in [2.45, 2.75) is 24.8 Å². The molecule has 182 valence electrons. The summed E-state index contributed by atoms with van der Waals surface area (Å²) in [4.78, 5) is 28.7. The molecule has 0 fully saturated rings. The van der Waals surface area contributed by atoms with Crippen molar-refractivity contribution in [3.8, 4) is 0 Å². The number of rotatable bonds is 7. The van der Waals surface area contributed by atoms with E-state index < -0.39 is 5.41 Å². The summed E-state index contributed by atoms with van der Waals surface area (Å²) in [5.41, 5.74) is 1.28. The van der Waals surface area contributed by atoms with Crippen LogP contribution in [-0.2, 0) is 24.5 Å². The number of carbonyl (C=O) groups is 2. The number of benzene rings is 2. The van der Waals surface area contributed by atoms with Gasteiger partial charge in [-0.3, -0.25) is 9.59 Å². The molecule has 2 aliphatic rings. The Bertz CT molecular complexity index is 1300. The lowest BCUT2D eigenvalue weighted by atomic mass is 9.73. The molecule has 2 atom stereocenters. The average Bonchev–Trinajstić information content (AvgIpc) is 3.35. The first-order valence-electron chi connectivity index (χ1n) is 11.1. The topological polar surface area (TPSA) is 98.6 Å². The first-order valence-corrected chi connectivity index (χ1v) is 11.8. The number of fused-ring (bicyclic) bond motifs is 4. The molecule has 3 aromatic rings. The molecule has 11 heteroatoms. The zero-order chi connectivity index (χ0) is 24.7. The number of halogens is 2. The van der Waals surface area contributed by atoms with Crippen molar-refractivity contribution in [3.05, 3.63) is 69.3 Å². The minimum absolute atomic E-state index is 0.102. The first-order chi connectivity index (χ1) is 16.9. The van der Waals surface area contributed by atoms with Gasteiger partial charge in [0, 0.05) is 29.4 Å². The summed E-state index contributed by atoms with van der Waals surface area (Å²) in [7, 11) is 1.53. The molecule has 5 rings (SSSR count). The summed E-state index contributed by atoms with van der Waals surface area (Å²) in [5.74, 6) is -0.181. The molecular formula is C24H23Cl2N5O4. The molecule has 2 aromatic carbocycles. The van der Waals surface area contributed by atoms with Crippen LogP contribution in [0.2, 0.25) is 10.0 Å². The van der Waals surface area contributed by atoms with E-state index >= 15 is 0 Å². The fraction of sp³-hybridized carbons (Fsp3) is 0.333. The van der Waals surface area contributed by atoms with Crippen LogP contribution in [0.15, 0.2) is 42.5 Å². The Labute approximate surface area is 211 Å². The second-order valence-electron chi connectivity index (χ2n) is 8.52. The molecule has 0 radical (unpaired) electrons. The highest BCUT2D eigenvalue weighted by Gasteiger charge is 2.58. The quantitative estimate of drug-likeness (QED) is 0.379. The van der Waals surface area contributed by atoms with Crippen LogP contribution in [0.3, 0.4) is 0 Å². The van der Waals surface area contributed by atoms with Crippen molar-refractivity contribution in [3.63, 3.8) is 0 Å². The van der Waals surface area contributed by atoms with E-state index in [2.05, 4.69) is 15.6 Å². The third-order valence-electron chi connectivity index (χ3n) is 6.48. The van der Waals surface area contributed by atoms with Gasteiger partial charge >= 0.3 is 0 Å². The Morgan fingerprint density at radius 2 is 1.89 bits per heavy atom. The first kappa shape index (κ1) is 23.7. The molecule has 1 N–H and O–H groups in total. The predicted molar refractivity (Wildman–Crippen MR) is 131 cm³/mol. The van der Waals surface area contributed by atoms with E-state index in [-0.39, 0.29) is 44.2 Å². The Morgan fingerprint density at radius 3 is 2.63 bits per heavy atom. The molecular weight excluding hydrogens is 493 g/mol. The molecule has 35 heavy (non-hydrogen) atoms. The van der Waals surface area contributed by atoms with E-state index in [4.69, 9.17) is 32.7 Å². The van der Waals surface area contributed by atoms with E-state index in [1.807, 2.05) is 19.1 Å². The highest BCUT2D eigenvalue weighted by Crippen LogP contribution is 2.52. The standard InChI is InChI=1S/C24H23Cl2N5O4/c1-14(15-3-5-16(25)6-4-15)31-22-21(28-29-31)24(12-20(32)27-22)18-11-17(26)7-8-19(18)30(23(24)33)9-10-35-13-34-2/h3-8,11,14H,9-10,12-13H2,1-2H3,(H,27,32)/t14?,24-/m1/s1. The van der Waals surface area contributed by atoms with Crippen molar-refractivity contribution < 1.29 is 19.1 Å². The summed E-state index contributed by atoms with van der Waals surface area (Å²) < 4.78 is 12.0. The van der Waals surface area contributed by atoms with E-state index in [0.717, 1.165) is 5.56 Å². The normalized spacial score (nSPS) is 19.6. The third-order valence-corrected chi connectivity index (χ3v) is 6.97. The molecule has 0 saturated carbocycles. The van der Waals surface area contributed by atoms with Crippen LogP contribution >= 0.6 is 23.2 Å². The molecule has 0 aliphatic carbocycles. The number of anilines is 2. The van der Waals surface area contributed by atoms with Gasteiger partial charge in [0.2, 0.25) is 11.8 Å². The third kappa shape index (κ3) is 3.88. The van der Waals surface area contributed by atoms with Gasteiger partial charge in [-0.2, -0.15) is 0 Å². The minimum atomic E-state index is -1.34. The van der Waals surface area contributed by atoms with E-state index in [9.17, 15) is 9.59 Å². The minimum Gasteiger partial charge on any atom is -0.359 e. The van der Waals surface area contributed by atoms with Crippen LogP contribution in [0.5, 0.6) is 0 Å². The van der Waals surface area contributed by atoms with E-state index in [1.165, 1.54) is 7.11 Å². The molecule has 3 heterocycles. The summed E-state index contributed by atoms with van der Waals surface area (Å²) in [6.45, 7) is 2.60. The van der Waals surface area contributed by atoms with E-state index in [1.54, 1.807) is 39.9 Å². The molecule has 1 spiro atoms. The predicted octanol–water partition coefficient (Wildman–Crippen LogP) is 3.79. The van der Waals surface area contributed by atoms with Crippen LogP contribution in [-0.4, -0.2) is 53.9 Å². The maximum atomic E-state index is 14.0. The summed E-state index contributed by atoms with van der Waals surface area (Å²) in [6.07, 6.45) is -0.102. The highest BCUT2D eigenvalue weighted by atomic mass is 35.5. The van der Waals surface area contributed by atoms with Gasteiger partial charge in [-0.05, 0) is 48.4 Å². The van der Waals surface area contributed by atoms with E-state index in [0.29, 0.717) is 32.8 Å². The summed E-state index contributed by atoms with van der Waals surface area (Å²) >= 11 is 12.4. The second-order valence-corrected chi connectivity index (χ2v) is 9.39. The number of nitrogens with one attached hydrogen (secondary N) is 1. The van der Waals surface area contributed by atoms with Gasteiger partial charge in [-0.15, -0.1) is 5.10 Å². The van der Waals surface area contributed by atoms with Crippen LogP contribution in [0.4, 0.5) is 11.5 Å². The van der Waals surface area contributed by atoms with Crippen molar-refractivity contribution in [2.75, 3.05) is 37.3 Å². The molecule has 0 saturated heterocycles. The SMILES string of the molecule is COCOCCN1C(=O)[C@]2(CC(=O)Nc3c2nnn3C(C)c2ccc(Cl)cc2)c2cc(Cl)ccc21. The van der Waals surface area contributed by atoms with Gasteiger partial charge in [0.1, 0.15) is 17.9 Å². The number of aromatic nitrogens is 3. The summed E-state index contributed by atoms with van der Waals surface area (Å²) in [5, 5.41) is 12.8. The lowest BCUT2D eigenvalue weighted by molar-refractivity contribution is -0.127. The number of amides is 2. The average molecular weight is 516 g/mol. The smallest absolute Gasteiger partial charge is 0.244 e. The van der Waals surface area contributed by atoms with Gasteiger partial charge < -0.3 is 19.7 Å². The zero-order valence-corrected chi connectivity index (χ0v) is 20.6. The molecule has 1 unspecified atom stereocenters. The fourth-order valence-electron chi connectivity index (χ4n) is 4.81. The van der Waals surface area contributed by atoms with Gasteiger partial charge in [-0.1, -0.05) is 40.5 Å². The maximum Gasteiger partial charge on any atom is 0.244 e. The van der Waals surface area contributed by atoms with Crippen molar-refractivity contribution in [2.24, 2.45) is 0 Å². The van der Waals surface area contributed by atoms with Gasteiger partial charge in [0.25, 0.3) is 0 Å². The molecule has 0 bridgehead atoms. The molecule has 1 aromatic heterocycles. The molecule has 2 aliphatic heterocycles. The molecule has 9 nitrogen and oxygen atoms in total. The second kappa shape index (κ2) is 9.23. The lowest BCUT2D eigenvalue weighted by Gasteiger charge is -2.31. The maximum absolute atomic E-state index is 14.0. The van der Waals surface area contributed by atoms with Crippen LogP contribution in [0.25, 0.3) is 0 Å². The number of hydrogen-bond donors (Lipinski definition) is 1. The Morgan fingerprint density at radius 1 is 1.14 bits per heavy atom. The number of nitrogens with zero attached hydrogens (tertiary/aromatic N) is 4. The fourth-order valence-corrected chi connectivity index (χ4v) is 5.11. The van der Waals surface area contributed by atoms with Crippen LogP contribution in [0.1, 0.15) is 36.2 Å². The zero-order valence-electron chi connectivity index (χ0n) is 19.1. The number of methoxy groups -OCH3 is 1. The largest absolute Gasteiger partial charge is 0.359 e. The van der Waals surface area contributed by atoms with Gasteiger partial charge in [0.05, 0.1) is 19.1 Å². The van der Waals surface area contributed by atoms with Crippen molar-refractivity contribution >= 4 is 46.5 Å². The van der Waals surface area contributed by atoms with Crippen molar-refractivity contribution in [1.29, 1.82) is 0 Å². The Balaban J connectivity index is 1.61.